The molecule has 2 aliphatic heterocycles. The zero-order chi connectivity index (χ0) is 34.7. The van der Waals surface area contributed by atoms with Crippen molar-refractivity contribution in [3.8, 4) is 11.5 Å². The molecule has 4 aromatic rings. The van der Waals surface area contributed by atoms with E-state index in [-0.39, 0.29) is 16.9 Å². The van der Waals surface area contributed by atoms with Gasteiger partial charge in [-0.25, -0.2) is 0 Å². The molecule has 2 heterocycles. The molecule has 0 bridgehead atoms. The summed E-state index contributed by atoms with van der Waals surface area (Å²) in [5, 5.41) is 5.92. The van der Waals surface area contributed by atoms with Crippen LogP contribution in [0.4, 0.5) is 11.4 Å². The summed E-state index contributed by atoms with van der Waals surface area (Å²) in [6, 6.07) is 22.1. The van der Waals surface area contributed by atoms with Crippen molar-refractivity contribution in [3.05, 3.63) is 118 Å². The maximum Gasteiger partial charge on any atom is 0.119 e. The summed E-state index contributed by atoms with van der Waals surface area (Å²) in [4.78, 5) is 5.02. The van der Waals surface area contributed by atoms with E-state index < -0.39 is 0 Å². The number of likely N-dealkylation sites (N-methyl/N-ethyl adjacent to an activating group) is 2. The summed E-state index contributed by atoms with van der Waals surface area (Å²) in [6.07, 6.45) is 12.4. The molecule has 0 saturated heterocycles. The number of methoxy groups -OCH3 is 2. The van der Waals surface area contributed by atoms with E-state index in [4.69, 9.17) is 21.1 Å². The molecule has 3 aliphatic rings. The van der Waals surface area contributed by atoms with Crippen molar-refractivity contribution in [1.82, 2.24) is 0 Å². The summed E-state index contributed by atoms with van der Waals surface area (Å²) in [5.41, 5.74) is 8.92. The second-order valence-electron chi connectivity index (χ2n) is 14.7. The van der Waals surface area contributed by atoms with Crippen LogP contribution in [0.15, 0.2) is 107 Å². The van der Waals surface area contributed by atoms with Gasteiger partial charge in [0.1, 0.15) is 11.5 Å². The Morgan fingerprint density at radius 2 is 1.41 bits per heavy atom. The van der Waals surface area contributed by atoms with Gasteiger partial charge in [-0.2, -0.15) is 0 Å². The Hall–Kier alpha value is -4.15. The fourth-order valence-corrected chi connectivity index (χ4v) is 9.19. The molecule has 1 atom stereocenters. The third-order valence-electron chi connectivity index (χ3n) is 11.3. The second-order valence-corrected chi connectivity index (χ2v) is 15.1. The van der Waals surface area contributed by atoms with Gasteiger partial charge in [-0.1, -0.05) is 81.8 Å². The SMILES string of the molecule is CCN1/C(=C/C=C2\CCCC(/C=C/C3N(CC)c4ccc5cc(OC)ccc5c4C3(C)C)=C2Cl)C(C)(C)c2c1ccc1cc(OC)ccc21. The number of hydrogen-bond acceptors (Lipinski definition) is 4. The number of allylic oxidation sites excluding steroid dienone is 7. The summed E-state index contributed by atoms with van der Waals surface area (Å²) in [5.74, 6) is 1.78. The molecule has 0 fully saturated rings. The standard InChI is InChI=1S/C44H49ClN2O2/c1-9-46-36-22-14-30-26-32(48-7)18-20-34(30)40(36)43(3,4)38(46)24-16-28-12-11-13-29(42(28)45)17-25-39-44(5,6)41-35-21-19-33(49-8)27-31(35)15-23-37(41)47(39)10-2/h14-27,38H,9-13H2,1-8H3/b24-16+,29-17+,39-25+. The number of ether oxygens (including phenoxy) is 2. The maximum absolute atomic E-state index is 7.27. The van der Waals surface area contributed by atoms with E-state index in [0.717, 1.165) is 48.9 Å². The lowest BCUT2D eigenvalue weighted by Crippen LogP contribution is -2.39. The van der Waals surface area contributed by atoms with Gasteiger partial charge in [0.15, 0.2) is 0 Å². The molecule has 0 amide bonds. The van der Waals surface area contributed by atoms with Gasteiger partial charge in [-0.05, 0) is 119 Å². The molecule has 0 N–H and O–H groups in total. The Kier molecular flexibility index (Phi) is 8.59. The number of nitrogens with zero attached hydrogens (tertiary/aromatic N) is 2. The highest BCUT2D eigenvalue weighted by Gasteiger charge is 2.44. The van der Waals surface area contributed by atoms with E-state index in [9.17, 15) is 0 Å². The first kappa shape index (κ1) is 33.4. The van der Waals surface area contributed by atoms with Crippen molar-refractivity contribution < 1.29 is 9.47 Å². The third kappa shape index (κ3) is 5.35. The molecule has 7 rings (SSSR count). The number of benzene rings is 4. The van der Waals surface area contributed by atoms with E-state index in [1.54, 1.807) is 14.2 Å². The van der Waals surface area contributed by atoms with Gasteiger partial charge in [-0.15, -0.1) is 0 Å². The van der Waals surface area contributed by atoms with Crippen LogP contribution in [0, 0.1) is 0 Å². The van der Waals surface area contributed by atoms with E-state index in [1.165, 1.54) is 60.9 Å². The smallest absolute Gasteiger partial charge is 0.119 e. The highest BCUT2D eigenvalue weighted by atomic mass is 35.5. The zero-order valence-electron chi connectivity index (χ0n) is 30.3. The quantitative estimate of drug-likeness (QED) is 0.195. The Labute approximate surface area is 297 Å². The molecule has 5 heteroatoms. The lowest BCUT2D eigenvalue weighted by atomic mass is 9.78. The summed E-state index contributed by atoms with van der Waals surface area (Å²) >= 11 is 7.27. The minimum absolute atomic E-state index is 0.0806. The van der Waals surface area contributed by atoms with Crippen LogP contribution < -0.4 is 19.3 Å². The summed E-state index contributed by atoms with van der Waals surface area (Å²) in [7, 11) is 3.46. The fraction of sp³-hybridized carbons (Fsp3) is 0.364. The van der Waals surface area contributed by atoms with Crippen LogP contribution >= 0.6 is 11.6 Å². The van der Waals surface area contributed by atoms with Crippen molar-refractivity contribution in [2.45, 2.75) is 77.7 Å². The van der Waals surface area contributed by atoms with Gasteiger partial charge in [0.05, 0.1) is 20.3 Å². The average molecular weight is 673 g/mol. The zero-order valence-corrected chi connectivity index (χ0v) is 31.0. The van der Waals surface area contributed by atoms with E-state index in [0.29, 0.717) is 0 Å². The molecular formula is C44H49ClN2O2. The van der Waals surface area contributed by atoms with Crippen LogP contribution in [-0.2, 0) is 10.8 Å². The van der Waals surface area contributed by atoms with Crippen LogP contribution in [0.1, 0.15) is 71.9 Å². The molecule has 254 valence electrons. The maximum atomic E-state index is 7.27. The largest absolute Gasteiger partial charge is 0.497 e. The molecular weight excluding hydrogens is 624 g/mol. The molecule has 0 radical (unpaired) electrons. The second kappa shape index (κ2) is 12.6. The van der Waals surface area contributed by atoms with Gasteiger partial charge in [0.2, 0.25) is 0 Å². The Morgan fingerprint density at radius 3 is 2.02 bits per heavy atom. The van der Waals surface area contributed by atoms with Crippen molar-refractivity contribution in [3.63, 3.8) is 0 Å². The minimum Gasteiger partial charge on any atom is -0.497 e. The van der Waals surface area contributed by atoms with Gasteiger partial charge in [0.25, 0.3) is 0 Å². The lowest BCUT2D eigenvalue weighted by molar-refractivity contribution is 0.415. The molecule has 0 aromatic heterocycles. The normalized spacial score (nSPS) is 21.4. The number of anilines is 2. The molecule has 1 aliphatic carbocycles. The van der Waals surface area contributed by atoms with Gasteiger partial charge in [-0.3, -0.25) is 0 Å². The number of hydrogen-bond donors (Lipinski definition) is 0. The minimum atomic E-state index is -0.161. The van der Waals surface area contributed by atoms with Crippen LogP contribution in [0.2, 0.25) is 0 Å². The molecule has 49 heavy (non-hydrogen) atoms. The van der Waals surface area contributed by atoms with E-state index in [2.05, 4.69) is 136 Å². The monoisotopic (exact) mass is 672 g/mol. The fourth-order valence-electron chi connectivity index (χ4n) is 8.87. The predicted molar refractivity (Wildman–Crippen MR) is 209 cm³/mol. The molecule has 0 spiro atoms. The molecule has 0 saturated carbocycles. The molecule has 4 aromatic carbocycles. The lowest BCUT2D eigenvalue weighted by Gasteiger charge is -2.32. The van der Waals surface area contributed by atoms with E-state index >= 15 is 0 Å². The molecule has 1 unspecified atom stereocenters. The number of halogens is 1. The van der Waals surface area contributed by atoms with Crippen LogP contribution in [0.5, 0.6) is 11.5 Å². The van der Waals surface area contributed by atoms with Gasteiger partial charge in [0, 0.05) is 46.0 Å². The van der Waals surface area contributed by atoms with Crippen molar-refractivity contribution in [2.75, 3.05) is 37.1 Å². The topological polar surface area (TPSA) is 24.9 Å². The van der Waals surface area contributed by atoms with Crippen LogP contribution in [0.25, 0.3) is 21.5 Å². The highest BCUT2D eigenvalue weighted by molar-refractivity contribution is 6.32. The number of rotatable bonds is 7. The van der Waals surface area contributed by atoms with Crippen LogP contribution in [-0.4, -0.2) is 33.4 Å². The third-order valence-corrected chi connectivity index (χ3v) is 11.8. The Bertz CT molecular complexity index is 2080. The van der Waals surface area contributed by atoms with E-state index in [1.807, 2.05) is 0 Å². The molecule has 4 nitrogen and oxygen atoms in total. The first-order valence-corrected chi connectivity index (χ1v) is 18.2. The predicted octanol–water partition coefficient (Wildman–Crippen LogP) is 11.4. The van der Waals surface area contributed by atoms with Crippen LogP contribution in [0.3, 0.4) is 0 Å². The summed E-state index contributed by atoms with van der Waals surface area (Å²) in [6.45, 7) is 15.8. The van der Waals surface area contributed by atoms with Crippen molar-refractivity contribution in [2.24, 2.45) is 0 Å². The van der Waals surface area contributed by atoms with Gasteiger partial charge < -0.3 is 19.3 Å². The van der Waals surface area contributed by atoms with Crippen molar-refractivity contribution in [1.29, 1.82) is 0 Å². The summed E-state index contributed by atoms with van der Waals surface area (Å²) < 4.78 is 11.1. The highest BCUT2D eigenvalue weighted by Crippen LogP contribution is 2.52. The first-order chi connectivity index (χ1) is 23.5. The van der Waals surface area contributed by atoms with Crippen molar-refractivity contribution >= 4 is 44.5 Å². The first-order valence-electron chi connectivity index (χ1n) is 17.8. The Balaban J connectivity index is 1.22. The number of fused-ring (bicyclic) bond motifs is 6. The Morgan fingerprint density at radius 1 is 0.776 bits per heavy atom. The average Bonchev–Trinajstić information content (AvgIpc) is 3.47. The van der Waals surface area contributed by atoms with Gasteiger partial charge >= 0.3 is 0 Å².